The Balaban J connectivity index is 1.50. The maximum absolute atomic E-state index is 14.0. The molecule has 0 unspecified atom stereocenters. The molecule has 2 aliphatic rings. The van der Waals surface area contributed by atoms with Crippen LogP contribution in [0.2, 0.25) is 0 Å². The lowest BCUT2D eigenvalue weighted by molar-refractivity contribution is 0.130. The van der Waals surface area contributed by atoms with E-state index in [9.17, 15) is 9.18 Å². The van der Waals surface area contributed by atoms with Crippen LogP contribution in [-0.4, -0.2) is 28.0 Å². The molecule has 2 aliphatic heterocycles. The Labute approximate surface area is 179 Å². The van der Waals surface area contributed by atoms with E-state index in [1.165, 1.54) is 17.2 Å². The average molecular weight is 416 g/mol. The summed E-state index contributed by atoms with van der Waals surface area (Å²) in [7, 11) is 0. The number of carbonyl (C=O) groups excluding carboxylic acids is 1. The van der Waals surface area contributed by atoms with Gasteiger partial charge < -0.3 is 9.30 Å². The summed E-state index contributed by atoms with van der Waals surface area (Å²) in [6.45, 7) is 1.20. The van der Waals surface area contributed by atoms with Crippen molar-refractivity contribution in [3.05, 3.63) is 108 Å². The number of hydrogen-bond donors (Lipinski definition) is 0. The first-order chi connectivity index (χ1) is 15.2. The second kappa shape index (κ2) is 9.67. The van der Waals surface area contributed by atoms with Crippen LogP contribution in [0.1, 0.15) is 16.8 Å². The Morgan fingerprint density at radius 2 is 2.00 bits per heavy atom. The first-order valence-electron chi connectivity index (χ1n) is 9.84. The van der Waals surface area contributed by atoms with Gasteiger partial charge in [-0.1, -0.05) is 24.3 Å². The minimum atomic E-state index is -0.561. The summed E-state index contributed by atoms with van der Waals surface area (Å²) in [6, 6.07) is 8.76. The molecule has 0 aliphatic carbocycles. The Kier molecular flexibility index (Phi) is 6.32. The highest BCUT2D eigenvalue weighted by atomic mass is 19.1. The molecule has 2 aromatic rings. The predicted molar refractivity (Wildman–Crippen MR) is 118 cm³/mol. The monoisotopic (exact) mass is 416 g/mol. The van der Waals surface area contributed by atoms with E-state index in [4.69, 9.17) is 4.74 Å². The normalized spacial score (nSPS) is 21.6. The predicted octanol–water partition coefficient (Wildman–Crippen LogP) is 4.75. The van der Waals surface area contributed by atoms with E-state index >= 15 is 0 Å². The van der Waals surface area contributed by atoms with Crippen LogP contribution < -0.4 is 0 Å². The summed E-state index contributed by atoms with van der Waals surface area (Å²) < 4.78 is 21.5. The van der Waals surface area contributed by atoms with Crippen LogP contribution in [-0.2, 0) is 24.4 Å². The van der Waals surface area contributed by atoms with Gasteiger partial charge in [0.15, 0.2) is 0 Å². The van der Waals surface area contributed by atoms with E-state index in [0.717, 1.165) is 11.3 Å². The largest absolute Gasteiger partial charge is 0.415 e. The summed E-state index contributed by atoms with van der Waals surface area (Å²) in [5.74, 6) is -0.0376. The topological polar surface area (TPSA) is 59.2 Å². The van der Waals surface area contributed by atoms with Crippen molar-refractivity contribution in [3.63, 3.8) is 0 Å². The van der Waals surface area contributed by atoms with Crippen LogP contribution in [0.15, 0.2) is 95.1 Å². The molecule has 4 rings (SSSR count). The number of fused-ring (bicyclic) bond motifs is 2. The number of carbonyl (C=O) groups is 1. The van der Waals surface area contributed by atoms with E-state index in [2.05, 4.69) is 9.98 Å². The van der Waals surface area contributed by atoms with Gasteiger partial charge in [-0.25, -0.2) is 9.18 Å². The number of amides is 1. The molecule has 156 valence electrons. The molecule has 0 fully saturated rings. The lowest BCUT2D eigenvalue weighted by Crippen LogP contribution is -2.25. The number of nitrogens with zero attached hydrogens (tertiary/aromatic N) is 4. The highest BCUT2D eigenvalue weighted by Gasteiger charge is 2.27. The lowest BCUT2D eigenvalue weighted by Gasteiger charge is -2.15. The highest BCUT2D eigenvalue weighted by Crippen LogP contribution is 2.26. The van der Waals surface area contributed by atoms with Gasteiger partial charge in [0.1, 0.15) is 11.6 Å². The van der Waals surface area contributed by atoms with Gasteiger partial charge in [0.25, 0.3) is 0 Å². The maximum Gasteiger partial charge on any atom is 0.415 e. The number of allylic oxidation sites excluding steroid dienone is 5. The lowest BCUT2D eigenvalue weighted by atomic mass is 10.1. The van der Waals surface area contributed by atoms with E-state index in [1.807, 2.05) is 47.2 Å². The van der Waals surface area contributed by atoms with Crippen LogP contribution >= 0.6 is 0 Å². The van der Waals surface area contributed by atoms with Gasteiger partial charge in [0.2, 0.25) is 0 Å². The van der Waals surface area contributed by atoms with Crippen molar-refractivity contribution >= 4 is 18.5 Å². The Hall–Kier alpha value is -4.00. The number of halogens is 1. The maximum atomic E-state index is 14.0. The Morgan fingerprint density at radius 1 is 1.06 bits per heavy atom. The smallest absolute Gasteiger partial charge is 0.410 e. The summed E-state index contributed by atoms with van der Waals surface area (Å²) in [6.07, 6.45) is 16.8. The molecule has 0 atom stereocenters. The van der Waals surface area contributed by atoms with Crippen LogP contribution in [0.25, 0.3) is 0 Å². The Bertz CT molecular complexity index is 1140. The van der Waals surface area contributed by atoms with Crippen molar-refractivity contribution in [2.75, 3.05) is 0 Å². The van der Waals surface area contributed by atoms with Gasteiger partial charge in [-0.05, 0) is 42.0 Å². The molecule has 0 bridgehead atoms. The van der Waals surface area contributed by atoms with E-state index < -0.39 is 6.09 Å². The summed E-state index contributed by atoms with van der Waals surface area (Å²) in [5.41, 5.74) is 2.26. The van der Waals surface area contributed by atoms with E-state index in [1.54, 1.807) is 36.8 Å². The average Bonchev–Trinajstić information content (AvgIpc) is 3.39. The number of aliphatic imine (C=N–C) groups is 2. The molecule has 7 heteroatoms. The molecule has 0 radical (unpaired) electrons. The van der Waals surface area contributed by atoms with Crippen LogP contribution in [0.4, 0.5) is 9.18 Å². The SMILES string of the molecule is O=C(OC1=C/C=N/C=C\C=C/Cn2cccc2C=N/C=C\1)N1Cc2cccc(F)c2C1. The highest BCUT2D eigenvalue weighted by molar-refractivity contribution is 5.78. The molecular weight excluding hydrogens is 395 g/mol. The number of hydrogen-bond acceptors (Lipinski definition) is 4. The fourth-order valence-electron chi connectivity index (χ4n) is 3.26. The number of benzene rings is 1. The molecule has 1 aromatic carbocycles. The molecule has 0 N–H and O–H groups in total. The van der Waals surface area contributed by atoms with Crippen LogP contribution in [0.5, 0.6) is 0 Å². The zero-order chi connectivity index (χ0) is 21.5. The number of rotatable bonds is 1. The van der Waals surface area contributed by atoms with E-state index in [0.29, 0.717) is 18.7 Å². The minimum Gasteiger partial charge on any atom is -0.410 e. The molecule has 0 saturated heterocycles. The molecule has 3 heterocycles. The van der Waals surface area contributed by atoms with Gasteiger partial charge in [-0.3, -0.25) is 14.9 Å². The third kappa shape index (κ3) is 5.14. The van der Waals surface area contributed by atoms with Crippen molar-refractivity contribution < 1.29 is 13.9 Å². The number of ether oxygens (including phenoxy) is 1. The first-order valence-corrected chi connectivity index (χ1v) is 9.84. The van der Waals surface area contributed by atoms with Gasteiger partial charge in [-0.2, -0.15) is 0 Å². The van der Waals surface area contributed by atoms with Crippen LogP contribution in [0.3, 0.4) is 0 Å². The summed E-state index contributed by atoms with van der Waals surface area (Å²) in [5, 5.41) is 0. The molecule has 0 spiro atoms. The van der Waals surface area contributed by atoms with Crippen molar-refractivity contribution in [1.82, 2.24) is 9.47 Å². The summed E-state index contributed by atoms with van der Waals surface area (Å²) >= 11 is 0. The van der Waals surface area contributed by atoms with Crippen molar-refractivity contribution in [2.24, 2.45) is 9.98 Å². The molecule has 1 amide bonds. The second-order valence-electron chi connectivity index (χ2n) is 6.92. The quantitative estimate of drug-likeness (QED) is 0.674. The standard InChI is InChI=1S/C24H21FN4O2/c25-23-8-4-6-19-17-29(18-22(19)23)24(30)31-21-9-12-26-11-2-1-3-14-28-15-5-7-20(28)16-27-13-10-21/h1-13,15-16H,14,17-18H2/b3-1-,11-2-,13-10-,21-9+,26-12+,27-16?. The number of aromatic nitrogens is 1. The van der Waals surface area contributed by atoms with Crippen molar-refractivity contribution in [1.29, 1.82) is 0 Å². The third-order valence-electron chi connectivity index (χ3n) is 4.83. The Morgan fingerprint density at radius 3 is 2.90 bits per heavy atom. The second-order valence-corrected chi connectivity index (χ2v) is 6.92. The molecular formula is C24H21FN4O2. The van der Waals surface area contributed by atoms with Gasteiger partial charge >= 0.3 is 6.09 Å². The van der Waals surface area contributed by atoms with Crippen LogP contribution in [0, 0.1) is 5.82 Å². The third-order valence-corrected chi connectivity index (χ3v) is 4.83. The molecule has 6 nitrogen and oxygen atoms in total. The van der Waals surface area contributed by atoms with Gasteiger partial charge in [0.05, 0.1) is 18.5 Å². The molecule has 31 heavy (non-hydrogen) atoms. The van der Waals surface area contributed by atoms with E-state index in [-0.39, 0.29) is 18.1 Å². The fourth-order valence-corrected chi connectivity index (χ4v) is 3.26. The van der Waals surface area contributed by atoms with Gasteiger partial charge in [0, 0.05) is 43.5 Å². The molecule has 0 saturated carbocycles. The van der Waals surface area contributed by atoms with Crippen molar-refractivity contribution in [3.8, 4) is 0 Å². The fraction of sp³-hybridized carbons (Fsp3) is 0.125. The van der Waals surface area contributed by atoms with Gasteiger partial charge in [-0.15, -0.1) is 0 Å². The first kappa shape index (κ1) is 20.3. The minimum absolute atomic E-state index is 0.177. The molecule has 1 aromatic heterocycles. The van der Waals surface area contributed by atoms with Crippen molar-refractivity contribution in [2.45, 2.75) is 19.6 Å². The zero-order valence-corrected chi connectivity index (χ0v) is 16.8. The summed E-state index contributed by atoms with van der Waals surface area (Å²) in [4.78, 5) is 22.5. The zero-order valence-electron chi connectivity index (χ0n) is 16.8.